The molecule has 0 aliphatic heterocycles. The molecule has 0 atom stereocenters. The average molecular weight is 263 g/mol. The predicted molar refractivity (Wildman–Crippen MR) is 77.2 cm³/mol. The summed E-state index contributed by atoms with van der Waals surface area (Å²) in [5.74, 6) is 0.436. The summed E-state index contributed by atoms with van der Waals surface area (Å²) in [5, 5.41) is 5.20. The number of fused-ring (bicyclic) bond motifs is 1. The minimum absolute atomic E-state index is 0.416. The van der Waals surface area contributed by atoms with Gasteiger partial charge < -0.3 is 9.40 Å². The summed E-state index contributed by atoms with van der Waals surface area (Å²) >= 11 is 5.54. The zero-order valence-corrected chi connectivity index (χ0v) is 11.0. The lowest BCUT2D eigenvalue weighted by Gasteiger charge is -1.99. The average Bonchev–Trinajstić information content (AvgIpc) is 2.78. The molecule has 2 rings (SSSR count). The molecule has 1 aromatic heterocycles. The first kappa shape index (κ1) is 12.7. The molecule has 0 radical (unpaired) electrons. The molecule has 2 aromatic rings. The van der Waals surface area contributed by atoms with E-state index in [2.05, 4.69) is 17.8 Å². The predicted octanol–water partition coefficient (Wildman–Crippen LogP) is 3.72. The highest BCUT2D eigenvalue weighted by Crippen LogP contribution is 2.22. The topological polar surface area (TPSA) is 26.5 Å². The number of nitrogens with zero attached hydrogens (tertiary/aromatic N) is 2. The van der Waals surface area contributed by atoms with Crippen molar-refractivity contribution in [3.8, 4) is 0 Å². The Balaban J connectivity index is 2.44. The van der Waals surface area contributed by atoms with E-state index in [-0.39, 0.29) is 0 Å². The van der Waals surface area contributed by atoms with Crippen molar-refractivity contribution >= 4 is 34.4 Å². The number of para-hydroxylation sites is 1. The fraction of sp³-hybridized carbons (Fsp3) is 0.214. The second kappa shape index (κ2) is 5.74. The lowest BCUT2D eigenvalue weighted by atomic mass is 10.1. The van der Waals surface area contributed by atoms with Crippen LogP contribution in [0.2, 0.25) is 0 Å². The molecule has 0 N–H and O–H groups in total. The molecule has 1 aromatic carbocycles. The third-order valence-corrected chi connectivity index (χ3v) is 2.85. The van der Waals surface area contributed by atoms with Gasteiger partial charge in [0, 0.05) is 23.3 Å². The van der Waals surface area contributed by atoms with Crippen molar-refractivity contribution in [1.82, 2.24) is 4.57 Å². The van der Waals surface area contributed by atoms with Gasteiger partial charge in [0.05, 0.1) is 17.1 Å². The fourth-order valence-electron chi connectivity index (χ4n) is 1.87. The number of rotatable bonds is 5. The SMILES string of the molecule is C=Cn1cc(C(C)=NOCCCl)c2ccccc21. The summed E-state index contributed by atoms with van der Waals surface area (Å²) < 4.78 is 1.98. The van der Waals surface area contributed by atoms with Crippen LogP contribution in [0.1, 0.15) is 12.5 Å². The maximum Gasteiger partial charge on any atom is 0.130 e. The van der Waals surface area contributed by atoms with Crippen LogP contribution in [-0.4, -0.2) is 22.8 Å². The molecule has 0 aliphatic carbocycles. The van der Waals surface area contributed by atoms with Gasteiger partial charge in [-0.15, -0.1) is 11.6 Å². The standard InChI is InChI=1S/C14H15ClN2O/c1-3-17-10-13(11(2)16-18-9-8-15)12-6-4-5-7-14(12)17/h3-7,10H,1,8-9H2,2H3. The molecule has 94 valence electrons. The Hall–Kier alpha value is -1.74. The summed E-state index contributed by atoms with van der Waals surface area (Å²) in [4.78, 5) is 5.11. The van der Waals surface area contributed by atoms with Crippen molar-refractivity contribution in [3.63, 3.8) is 0 Å². The number of hydrogen-bond donors (Lipinski definition) is 0. The van der Waals surface area contributed by atoms with Crippen LogP contribution in [0.5, 0.6) is 0 Å². The highest BCUT2D eigenvalue weighted by molar-refractivity contribution is 6.18. The molecule has 0 saturated heterocycles. The first-order valence-corrected chi connectivity index (χ1v) is 6.26. The van der Waals surface area contributed by atoms with Crippen LogP contribution < -0.4 is 0 Å². The number of oxime groups is 1. The third kappa shape index (κ3) is 2.41. The summed E-state index contributed by atoms with van der Waals surface area (Å²) in [7, 11) is 0. The molecule has 3 nitrogen and oxygen atoms in total. The van der Waals surface area contributed by atoms with Gasteiger partial charge in [-0.3, -0.25) is 0 Å². The number of aromatic nitrogens is 1. The maximum absolute atomic E-state index is 5.54. The smallest absolute Gasteiger partial charge is 0.130 e. The third-order valence-electron chi connectivity index (χ3n) is 2.70. The van der Waals surface area contributed by atoms with Crippen LogP contribution >= 0.6 is 11.6 Å². The second-order valence-corrected chi connectivity index (χ2v) is 4.23. The van der Waals surface area contributed by atoms with Gasteiger partial charge in [-0.05, 0) is 13.0 Å². The molecule has 4 heteroatoms. The Kier molecular flexibility index (Phi) is 4.05. The van der Waals surface area contributed by atoms with Crippen LogP contribution in [0, 0.1) is 0 Å². The van der Waals surface area contributed by atoms with Crippen molar-refractivity contribution in [1.29, 1.82) is 0 Å². The molecule has 0 spiro atoms. The zero-order chi connectivity index (χ0) is 13.0. The van der Waals surface area contributed by atoms with Gasteiger partial charge in [0.15, 0.2) is 0 Å². The Labute approximate surface area is 111 Å². The number of alkyl halides is 1. The second-order valence-electron chi connectivity index (χ2n) is 3.85. The molecule has 0 saturated carbocycles. The van der Waals surface area contributed by atoms with Crippen LogP contribution in [0.15, 0.2) is 42.2 Å². The molecule has 1 heterocycles. The van der Waals surface area contributed by atoms with Crippen molar-refractivity contribution < 1.29 is 4.84 Å². The largest absolute Gasteiger partial charge is 0.394 e. The maximum atomic E-state index is 5.54. The molecule has 0 amide bonds. The molecule has 0 aliphatic rings. The van der Waals surface area contributed by atoms with Gasteiger partial charge in [0.2, 0.25) is 0 Å². The number of halogens is 1. The van der Waals surface area contributed by atoms with Crippen molar-refractivity contribution in [2.75, 3.05) is 12.5 Å². The van der Waals surface area contributed by atoms with Crippen LogP contribution in [-0.2, 0) is 4.84 Å². The lowest BCUT2D eigenvalue weighted by molar-refractivity contribution is 0.161. The Morgan fingerprint density at radius 2 is 2.28 bits per heavy atom. The van der Waals surface area contributed by atoms with Gasteiger partial charge in [0.25, 0.3) is 0 Å². The Bertz CT molecular complexity index is 586. The molecule has 0 fully saturated rings. The van der Waals surface area contributed by atoms with Crippen LogP contribution in [0.25, 0.3) is 17.1 Å². The molecular formula is C14H15ClN2O. The van der Waals surface area contributed by atoms with Gasteiger partial charge in [-0.2, -0.15) is 0 Å². The van der Waals surface area contributed by atoms with E-state index >= 15 is 0 Å². The minimum Gasteiger partial charge on any atom is -0.394 e. The summed E-state index contributed by atoms with van der Waals surface area (Å²) in [6.45, 7) is 6.14. The first-order valence-electron chi connectivity index (χ1n) is 5.73. The van der Waals surface area contributed by atoms with Gasteiger partial charge >= 0.3 is 0 Å². The fourth-order valence-corrected chi connectivity index (χ4v) is 1.94. The van der Waals surface area contributed by atoms with Crippen molar-refractivity contribution in [2.45, 2.75) is 6.92 Å². The van der Waals surface area contributed by atoms with E-state index in [1.54, 1.807) is 6.20 Å². The zero-order valence-electron chi connectivity index (χ0n) is 10.3. The van der Waals surface area contributed by atoms with E-state index in [0.717, 1.165) is 22.2 Å². The van der Waals surface area contributed by atoms with Gasteiger partial charge in [0.1, 0.15) is 6.61 Å². The Morgan fingerprint density at radius 3 is 3.00 bits per heavy atom. The van der Waals surface area contributed by atoms with E-state index in [1.807, 2.05) is 35.9 Å². The summed E-state index contributed by atoms with van der Waals surface area (Å²) in [6, 6.07) is 8.12. The van der Waals surface area contributed by atoms with Crippen LogP contribution in [0.4, 0.5) is 0 Å². The van der Waals surface area contributed by atoms with E-state index in [9.17, 15) is 0 Å². The summed E-state index contributed by atoms with van der Waals surface area (Å²) in [6.07, 6.45) is 3.78. The van der Waals surface area contributed by atoms with Crippen molar-refractivity contribution in [3.05, 3.63) is 42.6 Å². The molecule has 18 heavy (non-hydrogen) atoms. The summed E-state index contributed by atoms with van der Waals surface area (Å²) in [5.41, 5.74) is 2.98. The Morgan fingerprint density at radius 1 is 1.50 bits per heavy atom. The van der Waals surface area contributed by atoms with E-state index in [0.29, 0.717) is 12.5 Å². The monoisotopic (exact) mass is 262 g/mol. The quantitative estimate of drug-likeness (QED) is 0.349. The molecule has 0 unspecified atom stereocenters. The van der Waals surface area contributed by atoms with Crippen molar-refractivity contribution in [2.24, 2.45) is 5.16 Å². The number of benzene rings is 1. The van der Waals surface area contributed by atoms with Gasteiger partial charge in [-0.1, -0.05) is 29.9 Å². The highest BCUT2D eigenvalue weighted by atomic mass is 35.5. The normalized spacial score (nSPS) is 11.8. The first-order chi connectivity index (χ1) is 8.77. The molecular weight excluding hydrogens is 248 g/mol. The van der Waals surface area contributed by atoms with E-state index < -0.39 is 0 Å². The highest BCUT2D eigenvalue weighted by Gasteiger charge is 2.09. The lowest BCUT2D eigenvalue weighted by Crippen LogP contribution is -1.97. The van der Waals surface area contributed by atoms with E-state index in [1.165, 1.54) is 0 Å². The molecule has 0 bridgehead atoms. The van der Waals surface area contributed by atoms with Crippen LogP contribution in [0.3, 0.4) is 0 Å². The minimum atomic E-state index is 0.416. The van der Waals surface area contributed by atoms with Gasteiger partial charge in [-0.25, -0.2) is 0 Å². The number of hydrogen-bond acceptors (Lipinski definition) is 2. The van der Waals surface area contributed by atoms with E-state index in [4.69, 9.17) is 16.4 Å².